The number of aryl methyl sites for hydroxylation is 1. The van der Waals surface area contributed by atoms with Crippen LogP contribution in [0.3, 0.4) is 0 Å². The quantitative estimate of drug-likeness (QED) is 0.518. The fourth-order valence-corrected chi connectivity index (χ4v) is 6.10. The molecular weight excluding hydrogens is 497 g/mol. The van der Waals surface area contributed by atoms with Crippen molar-refractivity contribution in [2.75, 3.05) is 30.0 Å². The van der Waals surface area contributed by atoms with Gasteiger partial charge in [-0.2, -0.15) is 13.2 Å². The molecule has 3 aromatic rings. The van der Waals surface area contributed by atoms with E-state index < -0.39 is 17.8 Å². The number of hydrogen-bond donors (Lipinski definition) is 1. The first-order valence-electron chi connectivity index (χ1n) is 12.5. The van der Waals surface area contributed by atoms with Crippen LogP contribution in [0.4, 0.5) is 24.7 Å². The number of nitrogens with one attached hydrogen (secondary N) is 1. The van der Waals surface area contributed by atoms with Crippen LogP contribution in [-0.4, -0.2) is 41.5 Å². The van der Waals surface area contributed by atoms with Crippen molar-refractivity contribution in [3.05, 3.63) is 71.2 Å². The van der Waals surface area contributed by atoms with Gasteiger partial charge in [-0.3, -0.25) is 19.5 Å². The number of hydrogen-bond acceptors (Lipinski definition) is 5. The van der Waals surface area contributed by atoms with Crippen LogP contribution < -0.4 is 10.2 Å². The van der Waals surface area contributed by atoms with Crippen molar-refractivity contribution >= 4 is 23.3 Å². The number of pyridine rings is 2. The molecule has 4 heterocycles. The molecule has 0 bridgehead atoms. The Kier molecular flexibility index (Phi) is 5.75. The van der Waals surface area contributed by atoms with Crippen LogP contribution in [0.25, 0.3) is 11.1 Å². The number of anilines is 2. The molecule has 1 aromatic carbocycles. The third kappa shape index (κ3) is 3.86. The maximum absolute atomic E-state index is 13.2. The zero-order chi connectivity index (χ0) is 26.8. The van der Waals surface area contributed by atoms with Gasteiger partial charge in [-0.15, -0.1) is 0 Å². The highest BCUT2D eigenvalue weighted by Gasteiger charge is 2.60. The summed E-state index contributed by atoms with van der Waals surface area (Å²) in [7, 11) is 0. The Labute approximate surface area is 217 Å². The highest BCUT2D eigenvalue weighted by atomic mass is 19.4. The molecule has 3 aliphatic rings. The number of alkyl halides is 3. The first kappa shape index (κ1) is 24.5. The Morgan fingerprint density at radius 1 is 1.11 bits per heavy atom. The number of nitrogens with zero attached hydrogens (tertiary/aromatic N) is 3. The minimum atomic E-state index is -4.64. The van der Waals surface area contributed by atoms with E-state index in [0.29, 0.717) is 37.2 Å². The zero-order valence-corrected chi connectivity index (χ0v) is 20.7. The monoisotopic (exact) mass is 522 g/mol. The predicted molar refractivity (Wildman–Crippen MR) is 134 cm³/mol. The van der Waals surface area contributed by atoms with Gasteiger partial charge < -0.3 is 10.1 Å². The predicted octanol–water partition coefficient (Wildman–Crippen LogP) is 5.07. The van der Waals surface area contributed by atoms with Crippen LogP contribution in [0.2, 0.25) is 0 Å². The molecule has 2 amide bonds. The molecule has 2 aromatic heterocycles. The molecule has 2 aliphatic heterocycles. The van der Waals surface area contributed by atoms with E-state index in [1.165, 1.54) is 6.07 Å². The van der Waals surface area contributed by atoms with Gasteiger partial charge in [-0.05, 0) is 61.2 Å². The first-order chi connectivity index (χ1) is 18.2. The van der Waals surface area contributed by atoms with E-state index in [1.807, 2.05) is 19.9 Å². The standard InChI is InChI=1S/C28H25F3N4O3/c1-3-35-25-19(23-20-12-38-13-21(20)24(23)27(35)37)8-16(11-33-25)18-10-17(5-4-14(18)2)34-26(36)15-6-7-32-22(9-15)28(29,30)31/h4-11,20-21,23-24H,3,12-13H2,1-2H3,(H,34,36)/t20-,21+,23+,24-/m0/s1. The van der Waals surface area contributed by atoms with Crippen molar-refractivity contribution in [1.29, 1.82) is 0 Å². The lowest BCUT2D eigenvalue weighted by Gasteiger charge is -2.52. The van der Waals surface area contributed by atoms with Crippen molar-refractivity contribution in [1.82, 2.24) is 9.97 Å². The van der Waals surface area contributed by atoms with E-state index in [1.54, 1.807) is 23.2 Å². The molecule has 0 radical (unpaired) electrons. The molecule has 7 nitrogen and oxygen atoms in total. The minimum absolute atomic E-state index is 0.0676. The second kappa shape index (κ2) is 8.90. The number of aromatic nitrogens is 2. The van der Waals surface area contributed by atoms with Crippen molar-refractivity contribution < 1.29 is 27.5 Å². The van der Waals surface area contributed by atoms with Crippen LogP contribution in [0, 0.1) is 24.7 Å². The summed E-state index contributed by atoms with van der Waals surface area (Å²) in [5.74, 6) is 0.643. The lowest BCUT2D eigenvalue weighted by atomic mass is 9.54. The highest BCUT2D eigenvalue weighted by Crippen LogP contribution is 2.60. The lowest BCUT2D eigenvalue weighted by molar-refractivity contribution is -0.141. The fourth-order valence-electron chi connectivity index (χ4n) is 6.10. The van der Waals surface area contributed by atoms with Gasteiger partial charge in [0.1, 0.15) is 11.5 Å². The number of rotatable bonds is 4. The molecule has 0 unspecified atom stereocenters. The summed E-state index contributed by atoms with van der Waals surface area (Å²) in [6, 6.07) is 9.38. The van der Waals surface area contributed by atoms with Crippen molar-refractivity contribution in [3.8, 4) is 11.1 Å². The summed E-state index contributed by atoms with van der Waals surface area (Å²) in [6.45, 7) is 5.66. The molecule has 10 heteroatoms. The van der Waals surface area contributed by atoms with Crippen molar-refractivity contribution in [2.24, 2.45) is 17.8 Å². The Bertz CT molecular complexity index is 1460. The Morgan fingerprint density at radius 3 is 2.61 bits per heavy atom. The van der Waals surface area contributed by atoms with Crippen LogP contribution in [0.5, 0.6) is 0 Å². The average Bonchev–Trinajstić information content (AvgIpc) is 3.28. The van der Waals surface area contributed by atoms with Gasteiger partial charge in [0.15, 0.2) is 0 Å². The van der Waals surface area contributed by atoms with Crippen molar-refractivity contribution in [3.63, 3.8) is 0 Å². The molecule has 6 rings (SSSR count). The summed E-state index contributed by atoms with van der Waals surface area (Å²) >= 11 is 0. The molecule has 1 saturated heterocycles. The first-order valence-corrected chi connectivity index (χ1v) is 12.5. The second-order valence-corrected chi connectivity index (χ2v) is 10.0. The molecule has 2 fully saturated rings. The van der Waals surface area contributed by atoms with Crippen molar-refractivity contribution in [2.45, 2.75) is 25.9 Å². The molecular formula is C28H25F3N4O3. The van der Waals surface area contributed by atoms with Gasteiger partial charge in [-0.1, -0.05) is 6.07 Å². The summed E-state index contributed by atoms with van der Waals surface area (Å²) < 4.78 is 44.8. The normalized spacial score (nSPS) is 23.8. The number of amides is 2. The van der Waals surface area contributed by atoms with E-state index >= 15 is 0 Å². The largest absolute Gasteiger partial charge is 0.433 e. The average molecular weight is 523 g/mol. The van der Waals surface area contributed by atoms with E-state index in [0.717, 1.165) is 34.5 Å². The summed E-state index contributed by atoms with van der Waals surface area (Å²) in [5, 5.41) is 2.69. The number of carbonyl (C=O) groups is 2. The van der Waals surface area contributed by atoms with E-state index in [-0.39, 0.29) is 29.2 Å². The van der Waals surface area contributed by atoms with Gasteiger partial charge in [0.25, 0.3) is 5.91 Å². The summed E-state index contributed by atoms with van der Waals surface area (Å²) in [6.07, 6.45) is -1.95. The van der Waals surface area contributed by atoms with Gasteiger partial charge >= 0.3 is 6.18 Å². The van der Waals surface area contributed by atoms with Gasteiger partial charge in [0, 0.05) is 53.2 Å². The van der Waals surface area contributed by atoms with Gasteiger partial charge in [0.05, 0.1) is 19.1 Å². The van der Waals surface area contributed by atoms with Crippen LogP contribution >= 0.6 is 0 Å². The molecule has 4 atom stereocenters. The number of carbonyl (C=O) groups excluding carboxylic acids is 2. The molecule has 0 spiro atoms. The molecule has 196 valence electrons. The lowest BCUT2D eigenvalue weighted by Crippen LogP contribution is -2.57. The Hall–Kier alpha value is -3.79. The summed E-state index contributed by atoms with van der Waals surface area (Å²) in [5.41, 5.74) is 2.82. The summed E-state index contributed by atoms with van der Waals surface area (Å²) in [4.78, 5) is 35.7. The van der Waals surface area contributed by atoms with E-state index in [2.05, 4.69) is 16.4 Å². The maximum Gasteiger partial charge on any atom is 0.433 e. The Balaban J connectivity index is 1.32. The molecule has 1 saturated carbocycles. The third-order valence-corrected chi connectivity index (χ3v) is 7.98. The van der Waals surface area contributed by atoms with E-state index in [9.17, 15) is 22.8 Å². The Morgan fingerprint density at radius 2 is 1.87 bits per heavy atom. The number of fused-ring (bicyclic) bond motifs is 6. The van der Waals surface area contributed by atoms with Crippen LogP contribution in [0.15, 0.2) is 48.8 Å². The topological polar surface area (TPSA) is 84.4 Å². The van der Waals surface area contributed by atoms with Crippen LogP contribution in [0.1, 0.15) is 40.0 Å². The van der Waals surface area contributed by atoms with E-state index in [4.69, 9.17) is 9.72 Å². The highest BCUT2D eigenvalue weighted by molar-refractivity contribution is 6.04. The number of halogens is 3. The number of benzene rings is 1. The minimum Gasteiger partial charge on any atom is -0.381 e. The molecule has 1 aliphatic carbocycles. The van der Waals surface area contributed by atoms with Crippen LogP contribution in [-0.2, 0) is 15.7 Å². The third-order valence-electron chi connectivity index (χ3n) is 7.98. The SMILES string of the molecule is CCN1C(=O)[C@H]2[C@@H]3COC[C@@H]3[C@H]2c2cc(-c3cc(NC(=O)c4ccnc(C(F)(F)F)c4)ccc3C)cnc21. The number of ether oxygens (including phenoxy) is 1. The zero-order valence-electron chi connectivity index (χ0n) is 20.7. The van der Waals surface area contributed by atoms with Gasteiger partial charge in [0.2, 0.25) is 5.91 Å². The maximum atomic E-state index is 13.2. The molecule has 38 heavy (non-hydrogen) atoms. The smallest absolute Gasteiger partial charge is 0.381 e. The second-order valence-electron chi connectivity index (χ2n) is 10.0. The van der Waals surface area contributed by atoms with Gasteiger partial charge in [-0.25, -0.2) is 4.98 Å². The molecule has 1 N–H and O–H groups in total. The fraction of sp³-hybridized carbons (Fsp3) is 0.357.